The number of nitrogens with zero attached hydrogens (tertiary/aromatic N) is 2. The molecule has 0 saturated heterocycles. The average Bonchev–Trinajstić information content (AvgIpc) is 3.02. The van der Waals surface area contributed by atoms with E-state index < -0.39 is 0 Å². The molecule has 2 aromatic rings. The molecular weight excluding hydrogens is 508 g/mol. The molecule has 0 spiro atoms. The van der Waals surface area contributed by atoms with Crippen molar-refractivity contribution in [1.82, 2.24) is 4.90 Å². The molecule has 2 heteroatoms. The summed E-state index contributed by atoms with van der Waals surface area (Å²) in [6.07, 6.45) is 35.3. The second-order valence-electron chi connectivity index (χ2n) is 13.6. The van der Waals surface area contributed by atoms with Crippen LogP contribution in [0.25, 0.3) is 5.70 Å². The van der Waals surface area contributed by atoms with E-state index in [1.807, 2.05) is 0 Å². The number of benzene rings is 2. The second-order valence-corrected chi connectivity index (χ2v) is 13.6. The smallest absolute Gasteiger partial charge is 0.103 e. The summed E-state index contributed by atoms with van der Waals surface area (Å²) in [5.41, 5.74) is 3.67. The minimum absolute atomic E-state index is 0.175. The highest BCUT2D eigenvalue weighted by Crippen LogP contribution is 2.46. The van der Waals surface area contributed by atoms with E-state index >= 15 is 0 Å². The van der Waals surface area contributed by atoms with Gasteiger partial charge < -0.3 is 4.90 Å². The maximum atomic E-state index is 5.38. The average molecular weight is 567 g/mol. The van der Waals surface area contributed by atoms with Gasteiger partial charge in [-0.25, -0.2) is 0 Å². The molecule has 2 fully saturated rings. The van der Waals surface area contributed by atoms with Crippen molar-refractivity contribution in [1.29, 1.82) is 0 Å². The molecule has 2 nitrogen and oxygen atoms in total. The molecule has 5 rings (SSSR count). The molecule has 3 aliphatic rings. The lowest BCUT2D eigenvalue weighted by Crippen LogP contribution is -2.55. The van der Waals surface area contributed by atoms with E-state index in [9.17, 15) is 0 Å². The van der Waals surface area contributed by atoms with Crippen molar-refractivity contribution in [3.8, 4) is 0 Å². The van der Waals surface area contributed by atoms with Crippen molar-refractivity contribution in [2.24, 2.45) is 10.9 Å². The van der Waals surface area contributed by atoms with E-state index in [-0.39, 0.29) is 5.54 Å². The molecule has 2 aliphatic carbocycles. The molecule has 42 heavy (non-hydrogen) atoms. The van der Waals surface area contributed by atoms with Crippen LogP contribution >= 0.6 is 0 Å². The molecule has 2 saturated carbocycles. The van der Waals surface area contributed by atoms with Gasteiger partial charge in [0.1, 0.15) is 5.54 Å². The lowest BCUT2D eigenvalue weighted by Gasteiger charge is -2.52. The van der Waals surface area contributed by atoms with Gasteiger partial charge in [0.15, 0.2) is 0 Å². The first-order valence-corrected chi connectivity index (χ1v) is 18.0. The fourth-order valence-electron chi connectivity index (χ4n) is 8.18. The third kappa shape index (κ3) is 8.39. The molecule has 0 amide bonds. The van der Waals surface area contributed by atoms with Crippen LogP contribution in [0.2, 0.25) is 0 Å². The summed E-state index contributed by atoms with van der Waals surface area (Å²) in [4.78, 5) is 8.28. The highest BCUT2D eigenvalue weighted by molar-refractivity contribution is 5.84. The third-order valence-corrected chi connectivity index (χ3v) is 10.6. The standard InChI is InChI=1S/C40H58N2/c1-3-7-11-19-27-36(28-20-12-8-4-1)40(37-29-21-16-22-30-37)34-41-39(35-25-17-15-18-26-35)33-42(40)38-31-23-13-9-5-2-6-10-14-24-32-38/h15-18,21-22,25-26,29-30,33-34,36,38H,1-14,19-20,23-24,27-28,31-32H2/t40-/m0/s1. The number of hydrogen-bond donors (Lipinski definition) is 0. The van der Waals surface area contributed by atoms with Crippen LogP contribution in [0.1, 0.15) is 152 Å². The zero-order chi connectivity index (χ0) is 28.7. The van der Waals surface area contributed by atoms with Crippen molar-refractivity contribution in [3.63, 3.8) is 0 Å². The molecule has 228 valence electrons. The maximum Gasteiger partial charge on any atom is 0.103 e. The minimum Gasteiger partial charge on any atom is -0.358 e. The Bertz CT molecular complexity index is 1050. The van der Waals surface area contributed by atoms with Gasteiger partial charge in [0.25, 0.3) is 0 Å². The summed E-state index contributed by atoms with van der Waals surface area (Å²) < 4.78 is 0. The van der Waals surface area contributed by atoms with Crippen LogP contribution < -0.4 is 0 Å². The fourth-order valence-corrected chi connectivity index (χ4v) is 8.18. The Kier molecular flexibility index (Phi) is 12.6. The van der Waals surface area contributed by atoms with Crippen LogP contribution in [0.5, 0.6) is 0 Å². The Labute approximate surface area is 258 Å². The lowest BCUT2D eigenvalue weighted by molar-refractivity contribution is 0.0729. The van der Waals surface area contributed by atoms with Gasteiger partial charge in [-0.05, 0) is 37.2 Å². The normalized spacial score (nSPS) is 25.3. The monoisotopic (exact) mass is 566 g/mol. The molecule has 0 radical (unpaired) electrons. The van der Waals surface area contributed by atoms with Gasteiger partial charge in [-0.3, -0.25) is 4.99 Å². The number of rotatable bonds is 4. The van der Waals surface area contributed by atoms with Crippen LogP contribution in [0.15, 0.2) is 71.9 Å². The van der Waals surface area contributed by atoms with Crippen molar-refractivity contribution in [3.05, 3.63) is 78.0 Å². The van der Waals surface area contributed by atoms with Gasteiger partial charge >= 0.3 is 0 Å². The van der Waals surface area contributed by atoms with Gasteiger partial charge in [0.05, 0.1) is 5.70 Å². The summed E-state index contributed by atoms with van der Waals surface area (Å²) >= 11 is 0. The summed E-state index contributed by atoms with van der Waals surface area (Å²) in [5.74, 6) is 0.582. The van der Waals surface area contributed by atoms with Crippen molar-refractivity contribution >= 4 is 11.9 Å². The summed E-state index contributed by atoms with van der Waals surface area (Å²) in [7, 11) is 0. The predicted molar refractivity (Wildman–Crippen MR) is 182 cm³/mol. The van der Waals surface area contributed by atoms with Gasteiger partial charge in [-0.2, -0.15) is 0 Å². The molecule has 1 atom stereocenters. The predicted octanol–water partition coefficient (Wildman–Crippen LogP) is 11.9. The molecule has 2 aromatic carbocycles. The SMILES string of the molecule is C1=NC(c2ccccc2)=CN(C2CCCCCCCCCCC2)[C@]1(c1ccccc1)C1CCCCCCCCCCC1. The second kappa shape index (κ2) is 17.1. The summed E-state index contributed by atoms with van der Waals surface area (Å²) in [6, 6.07) is 23.1. The van der Waals surface area contributed by atoms with Crippen LogP contribution in [0.4, 0.5) is 0 Å². The number of aliphatic imine (C=N–C) groups is 1. The van der Waals surface area contributed by atoms with Gasteiger partial charge in [0, 0.05) is 24.0 Å². The Hall–Kier alpha value is -2.35. The third-order valence-electron chi connectivity index (χ3n) is 10.6. The van der Waals surface area contributed by atoms with Gasteiger partial charge in [-0.1, -0.05) is 176 Å². The number of hydrogen-bond acceptors (Lipinski definition) is 2. The van der Waals surface area contributed by atoms with Crippen LogP contribution in [-0.2, 0) is 5.54 Å². The van der Waals surface area contributed by atoms with E-state index in [1.54, 1.807) is 0 Å². The van der Waals surface area contributed by atoms with Crippen LogP contribution in [-0.4, -0.2) is 17.2 Å². The molecule has 1 aliphatic heterocycles. The highest BCUT2D eigenvalue weighted by atomic mass is 15.2. The zero-order valence-electron chi connectivity index (χ0n) is 26.5. The lowest BCUT2D eigenvalue weighted by atomic mass is 9.71. The van der Waals surface area contributed by atoms with Crippen LogP contribution in [0.3, 0.4) is 0 Å². The summed E-state index contributed by atoms with van der Waals surface area (Å²) in [6.45, 7) is 0. The molecule has 0 bridgehead atoms. The highest BCUT2D eigenvalue weighted by Gasteiger charge is 2.46. The van der Waals surface area contributed by atoms with Crippen molar-refractivity contribution in [2.45, 2.75) is 153 Å². The van der Waals surface area contributed by atoms with E-state index in [1.165, 1.54) is 152 Å². The molecule has 0 unspecified atom stereocenters. The largest absolute Gasteiger partial charge is 0.358 e. The van der Waals surface area contributed by atoms with Crippen molar-refractivity contribution in [2.75, 3.05) is 0 Å². The maximum absolute atomic E-state index is 5.38. The molecule has 1 heterocycles. The van der Waals surface area contributed by atoms with E-state index in [4.69, 9.17) is 4.99 Å². The molecular formula is C40H58N2. The first-order chi connectivity index (χ1) is 20.9. The van der Waals surface area contributed by atoms with E-state index in [2.05, 4.69) is 78.0 Å². The quantitative estimate of drug-likeness (QED) is 0.359. The zero-order valence-corrected chi connectivity index (χ0v) is 26.5. The Morgan fingerprint density at radius 2 is 0.929 bits per heavy atom. The van der Waals surface area contributed by atoms with E-state index in [0.29, 0.717) is 12.0 Å². The van der Waals surface area contributed by atoms with E-state index in [0.717, 1.165) is 5.70 Å². The molecule has 0 aromatic heterocycles. The van der Waals surface area contributed by atoms with Gasteiger partial charge in [0.2, 0.25) is 0 Å². The fraction of sp³-hybridized carbons (Fsp3) is 0.625. The topological polar surface area (TPSA) is 15.6 Å². The van der Waals surface area contributed by atoms with Crippen LogP contribution in [0, 0.1) is 5.92 Å². The summed E-state index contributed by atoms with van der Waals surface area (Å²) in [5, 5.41) is 0. The first-order valence-electron chi connectivity index (χ1n) is 18.0. The Morgan fingerprint density at radius 1 is 0.500 bits per heavy atom. The molecule has 0 N–H and O–H groups in total. The Balaban J connectivity index is 1.56. The first kappa shape index (κ1) is 31.1. The minimum atomic E-state index is -0.175. The van der Waals surface area contributed by atoms with Crippen molar-refractivity contribution < 1.29 is 0 Å². The van der Waals surface area contributed by atoms with Gasteiger partial charge in [-0.15, -0.1) is 0 Å². The Morgan fingerprint density at radius 3 is 1.43 bits per heavy atom.